The molecule has 0 aliphatic heterocycles. The number of carbonyl (C=O) groups excluding carboxylic acids is 1. The summed E-state index contributed by atoms with van der Waals surface area (Å²) in [5.41, 5.74) is 0. The predicted octanol–water partition coefficient (Wildman–Crippen LogP) is -0.0561. The van der Waals surface area contributed by atoms with Crippen molar-refractivity contribution in [3.8, 4) is 0 Å². The zero-order valence-electron chi connectivity index (χ0n) is 10.9. The van der Waals surface area contributed by atoms with E-state index < -0.39 is 24.0 Å². The van der Waals surface area contributed by atoms with Gasteiger partial charge in [-0.15, -0.1) is 0 Å². The average molecular weight is 269 g/mol. The molecule has 0 heterocycles. The minimum Gasteiger partial charge on any atom is -0.481 e. The monoisotopic (exact) mass is 269 g/mol. The summed E-state index contributed by atoms with van der Waals surface area (Å²) in [6, 6.07) is 0. The zero-order chi connectivity index (χ0) is 14.3. The Labute approximate surface area is 106 Å². The Bertz CT molecular complexity index is 320. The van der Waals surface area contributed by atoms with Crippen molar-refractivity contribution in [1.82, 2.24) is 0 Å². The number of rotatable bonds is 8. The summed E-state index contributed by atoms with van der Waals surface area (Å²) in [6.07, 6.45) is -1.59. The quantitative estimate of drug-likeness (QED) is 0.364. The summed E-state index contributed by atoms with van der Waals surface area (Å²) < 4.78 is 5.44. The number of carbonyl (C=O) groups is 3. The van der Waals surface area contributed by atoms with Gasteiger partial charge in [0.1, 0.15) is 6.54 Å². The van der Waals surface area contributed by atoms with Gasteiger partial charge in [0.15, 0.2) is 6.10 Å². The van der Waals surface area contributed by atoms with Crippen LogP contribution in [0.25, 0.3) is 0 Å². The van der Waals surface area contributed by atoms with Crippen molar-refractivity contribution in [2.75, 3.05) is 27.7 Å². The van der Waals surface area contributed by atoms with Gasteiger partial charge in [-0.3, -0.25) is 14.4 Å². The normalized spacial score (nSPS) is 12.8. The molecule has 0 radical (unpaired) electrons. The van der Waals surface area contributed by atoms with Gasteiger partial charge in [0.2, 0.25) is 0 Å². The second-order valence-corrected chi connectivity index (χ2v) is 5.08. The van der Waals surface area contributed by atoms with Crippen molar-refractivity contribution in [3.05, 3.63) is 0 Å². The van der Waals surface area contributed by atoms with Crippen molar-refractivity contribution in [2.24, 2.45) is 0 Å². The summed E-state index contributed by atoms with van der Waals surface area (Å²) in [4.78, 5) is 32.3. The smallest absolute Gasteiger partial charge is 0.307 e. The first-order chi connectivity index (χ1) is 8.10. The first kappa shape index (κ1) is 16.4. The van der Waals surface area contributed by atoms with Crippen LogP contribution in [0.2, 0.25) is 0 Å². The highest BCUT2D eigenvalue weighted by Gasteiger charge is 2.24. The highest BCUT2D eigenvalue weighted by molar-refractivity contribution is 5.77. The molecule has 0 saturated carbocycles. The van der Waals surface area contributed by atoms with E-state index in [1.54, 1.807) is 0 Å². The molecule has 104 valence electrons. The van der Waals surface area contributed by atoms with Gasteiger partial charge in [0, 0.05) is 0 Å². The third kappa shape index (κ3) is 9.59. The molecule has 1 atom stereocenters. The molecule has 0 saturated heterocycles. The molecule has 0 aromatic rings. The van der Waals surface area contributed by atoms with E-state index in [4.69, 9.17) is 14.9 Å². The molecule has 0 aliphatic carbocycles. The number of carboxylic acid groups (broad SMARTS) is 2. The van der Waals surface area contributed by atoms with E-state index in [0.717, 1.165) is 0 Å². The van der Waals surface area contributed by atoms with Crippen molar-refractivity contribution >= 4 is 17.9 Å². The van der Waals surface area contributed by atoms with Crippen LogP contribution in [0.1, 0.15) is 19.3 Å². The molecule has 0 aliphatic rings. The third-order valence-electron chi connectivity index (χ3n) is 1.99. The Hall–Kier alpha value is -1.63. The number of hydrogen-bond acceptors (Lipinski definition) is 4. The lowest BCUT2D eigenvalue weighted by atomic mass is 10.2. The van der Waals surface area contributed by atoms with Gasteiger partial charge >= 0.3 is 17.9 Å². The fourth-order valence-corrected chi connectivity index (χ4v) is 1.40. The number of nitrogens with zero attached hydrogens (tertiary/aromatic N) is 1. The van der Waals surface area contributed by atoms with Gasteiger partial charge < -0.3 is 19.4 Å². The van der Waals surface area contributed by atoms with E-state index in [-0.39, 0.29) is 19.3 Å². The van der Waals surface area contributed by atoms with Crippen LogP contribution in [0.15, 0.2) is 0 Å². The fraction of sp³-hybridized carbons (Fsp3) is 0.727. The summed E-state index contributed by atoms with van der Waals surface area (Å²) in [7, 11) is 5.54. The summed E-state index contributed by atoms with van der Waals surface area (Å²) in [5.74, 6) is -2.83. The SMILES string of the molecule is [13CH3][N+]([13CH3])([13CH3])C[C@@H](CC(=O)O)O[13C](=O)[13CH2][13CH2][13C](=O)O. The van der Waals surface area contributed by atoms with Crippen molar-refractivity contribution in [3.63, 3.8) is 0 Å². The molecule has 0 unspecified atom stereocenters. The lowest BCUT2D eigenvalue weighted by Crippen LogP contribution is -2.43. The minimum atomic E-state index is -1.09. The molecular formula is C11H20NO6+. The summed E-state index contributed by atoms with van der Waals surface area (Å²) >= 11 is 0. The maximum Gasteiger partial charge on any atom is 0.307 e. The molecule has 0 amide bonds. The Morgan fingerprint density at radius 3 is 2.00 bits per heavy atom. The molecule has 0 bridgehead atoms. The number of carboxylic acids is 2. The van der Waals surface area contributed by atoms with Crippen LogP contribution in [0.3, 0.4) is 0 Å². The highest BCUT2D eigenvalue weighted by Crippen LogP contribution is 2.07. The highest BCUT2D eigenvalue weighted by atomic mass is 16.6. The van der Waals surface area contributed by atoms with Crippen LogP contribution in [-0.2, 0) is 19.1 Å². The number of esters is 1. The Morgan fingerprint density at radius 1 is 1.06 bits per heavy atom. The number of aliphatic carboxylic acids is 2. The molecular weight excluding hydrogens is 249 g/mol. The number of quaternary nitrogens is 1. The Morgan fingerprint density at radius 2 is 1.61 bits per heavy atom. The number of likely N-dealkylation sites (N-methyl/N-ethyl adjacent to an activating group) is 1. The summed E-state index contributed by atoms with van der Waals surface area (Å²) in [6.45, 7) is 0.352. The molecule has 2 N–H and O–H groups in total. The van der Waals surface area contributed by atoms with E-state index in [1.165, 1.54) is 0 Å². The van der Waals surface area contributed by atoms with Gasteiger partial charge in [-0.05, 0) is 0 Å². The van der Waals surface area contributed by atoms with Gasteiger partial charge in [-0.25, -0.2) is 0 Å². The van der Waals surface area contributed by atoms with Gasteiger partial charge in [0.05, 0.1) is 40.4 Å². The van der Waals surface area contributed by atoms with Crippen LogP contribution in [0.4, 0.5) is 0 Å². The van der Waals surface area contributed by atoms with Crippen LogP contribution in [0.5, 0.6) is 0 Å². The molecule has 7 nitrogen and oxygen atoms in total. The van der Waals surface area contributed by atoms with Crippen LogP contribution >= 0.6 is 0 Å². The molecule has 0 rings (SSSR count). The topological polar surface area (TPSA) is 101 Å². The number of hydrogen-bond donors (Lipinski definition) is 2. The summed E-state index contributed by atoms with van der Waals surface area (Å²) in [5, 5.41) is 17.1. The Balaban J connectivity index is 4.35. The van der Waals surface area contributed by atoms with E-state index in [9.17, 15) is 14.4 Å². The molecule has 0 fully saturated rings. The van der Waals surface area contributed by atoms with Crippen molar-refractivity contribution in [1.29, 1.82) is 0 Å². The van der Waals surface area contributed by atoms with Crippen molar-refractivity contribution < 1.29 is 33.8 Å². The van der Waals surface area contributed by atoms with Gasteiger partial charge in [0.25, 0.3) is 0 Å². The first-order valence-corrected chi connectivity index (χ1v) is 5.53. The Kier molecular flexibility index (Phi) is 6.32. The third-order valence-corrected chi connectivity index (χ3v) is 1.99. The molecule has 7 heteroatoms. The van der Waals surface area contributed by atoms with E-state index in [2.05, 4.69) is 0 Å². The minimum absolute atomic E-state index is 0.247. The standard InChI is InChI=1S/C11H19NO6/c1-12(2,3)7-8(6-10(15)16)18-11(17)5-4-9(13)14/h8H,4-7H2,1-3H3,(H-,13,14,15,16)/p+1/t8-/m1/s1/i1+1,2+1,3+1,4+1,5+1,9+1,11+1. The number of ether oxygens (including phenoxy) is 1. The lowest BCUT2D eigenvalue weighted by Gasteiger charge is -2.28. The van der Waals surface area contributed by atoms with Crippen LogP contribution < -0.4 is 0 Å². The van der Waals surface area contributed by atoms with E-state index >= 15 is 0 Å². The molecule has 0 aromatic carbocycles. The lowest BCUT2D eigenvalue weighted by molar-refractivity contribution is -0.873. The van der Waals surface area contributed by atoms with E-state index in [0.29, 0.717) is 11.0 Å². The average Bonchev–Trinajstić information content (AvgIpc) is 2.10. The van der Waals surface area contributed by atoms with E-state index in [1.807, 2.05) is 21.1 Å². The second kappa shape index (κ2) is 6.95. The van der Waals surface area contributed by atoms with Crippen molar-refractivity contribution in [2.45, 2.75) is 25.4 Å². The zero-order valence-corrected chi connectivity index (χ0v) is 10.9. The van der Waals surface area contributed by atoms with Gasteiger partial charge in [-0.2, -0.15) is 0 Å². The first-order valence-electron chi connectivity index (χ1n) is 5.53. The predicted molar refractivity (Wildman–Crippen MR) is 61.9 cm³/mol. The molecule has 0 aromatic heterocycles. The maximum absolute atomic E-state index is 11.3. The maximum atomic E-state index is 11.3. The van der Waals surface area contributed by atoms with Crippen LogP contribution in [0, 0.1) is 0 Å². The molecule has 18 heavy (non-hydrogen) atoms. The molecule has 0 spiro atoms. The van der Waals surface area contributed by atoms with Crippen LogP contribution in [-0.4, -0.2) is 66.4 Å². The fourth-order valence-electron chi connectivity index (χ4n) is 1.40. The second-order valence-electron chi connectivity index (χ2n) is 5.08. The van der Waals surface area contributed by atoms with Gasteiger partial charge in [-0.1, -0.05) is 0 Å². The largest absolute Gasteiger partial charge is 0.481 e.